The van der Waals surface area contributed by atoms with Crippen molar-refractivity contribution in [2.45, 2.75) is 13.3 Å². The lowest BCUT2D eigenvalue weighted by molar-refractivity contribution is 0.307. The molecule has 0 bridgehead atoms. The molecule has 0 radical (unpaired) electrons. The number of nitrogens with two attached hydrogens (primary N) is 1. The summed E-state index contributed by atoms with van der Waals surface area (Å²) >= 11 is 3.01. The lowest BCUT2D eigenvalue weighted by atomic mass is 10.3. The van der Waals surface area contributed by atoms with E-state index in [4.69, 9.17) is 10.5 Å². The standard InChI is InChI=1S/C14H14BrF2N3O/c1-2-5-21-14-11(18)3-4-13(20-14)19-12-6-8(15)9(16)7-10(12)17/h3-4,6-7H,2,5,18H2,1H3,(H,19,20). The molecule has 2 rings (SSSR count). The van der Waals surface area contributed by atoms with E-state index in [0.29, 0.717) is 18.1 Å². The third-order valence-corrected chi connectivity index (χ3v) is 3.21. The van der Waals surface area contributed by atoms with Crippen LogP contribution in [-0.4, -0.2) is 11.6 Å². The van der Waals surface area contributed by atoms with E-state index in [2.05, 4.69) is 26.2 Å². The van der Waals surface area contributed by atoms with Gasteiger partial charge in [0.05, 0.1) is 22.5 Å². The third kappa shape index (κ3) is 3.81. The van der Waals surface area contributed by atoms with Gasteiger partial charge in [0.15, 0.2) is 0 Å². The highest BCUT2D eigenvalue weighted by Crippen LogP contribution is 2.28. The highest BCUT2D eigenvalue weighted by Gasteiger charge is 2.10. The van der Waals surface area contributed by atoms with Crippen LogP contribution in [0.5, 0.6) is 5.88 Å². The minimum Gasteiger partial charge on any atom is -0.476 e. The first-order valence-corrected chi connectivity index (χ1v) is 7.11. The van der Waals surface area contributed by atoms with Gasteiger partial charge in [0.1, 0.15) is 17.5 Å². The predicted octanol–water partition coefficient (Wildman–Crippen LogP) is 4.24. The van der Waals surface area contributed by atoms with Crippen molar-refractivity contribution < 1.29 is 13.5 Å². The van der Waals surface area contributed by atoms with E-state index in [1.54, 1.807) is 12.1 Å². The van der Waals surface area contributed by atoms with E-state index in [1.165, 1.54) is 6.07 Å². The molecule has 0 unspecified atom stereocenters. The highest BCUT2D eigenvalue weighted by molar-refractivity contribution is 9.10. The quantitative estimate of drug-likeness (QED) is 0.785. The monoisotopic (exact) mass is 357 g/mol. The number of nitrogens with one attached hydrogen (secondary N) is 1. The minimum atomic E-state index is -0.717. The molecule has 3 N–H and O–H groups in total. The first-order chi connectivity index (χ1) is 10.0. The van der Waals surface area contributed by atoms with Gasteiger partial charge >= 0.3 is 0 Å². The van der Waals surface area contributed by atoms with Crippen molar-refractivity contribution in [2.75, 3.05) is 17.7 Å². The fourth-order valence-electron chi connectivity index (χ4n) is 1.59. The zero-order chi connectivity index (χ0) is 15.4. The van der Waals surface area contributed by atoms with Crippen LogP contribution in [0.3, 0.4) is 0 Å². The number of hydrogen-bond acceptors (Lipinski definition) is 4. The Bertz CT molecular complexity index is 652. The number of nitrogens with zero attached hydrogens (tertiary/aromatic N) is 1. The number of ether oxygens (including phenoxy) is 1. The van der Waals surface area contributed by atoms with Crippen molar-refractivity contribution in [2.24, 2.45) is 0 Å². The number of pyridine rings is 1. The summed E-state index contributed by atoms with van der Waals surface area (Å²) in [6.45, 7) is 2.45. The zero-order valence-corrected chi connectivity index (χ0v) is 12.9. The Kier molecular flexibility index (Phi) is 4.95. The number of aromatic nitrogens is 1. The van der Waals surface area contributed by atoms with Crippen LogP contribution in [0.2, 0.25) is 0 Å². The first-order valence-electron chi connectivity index (χ1n) is 6.32. The minimum absolute atomic E-state index is 0.0991. The van der Waals surface area contributed by atoms with Crippen molar-refractivity contribution in [3.63, 3.8) is 0 Å². The molecule has 0 aliphatic heterocycles. The molecule has 1 heterocycles. The fourth-order valence-corrected chi connectivity index (χ4v) is 1.93. The molecule has 0 saturated heterocycles. The summed E-state index contributed by atoms with van der Waals surface area (Å²) in [5, 5.41) is 2.77. The normalized spacial score (nSPS) is 10.5. The molecule has 0 amide bonds. The van der Waals surface area contributed by atoms with E-state index in [-0.39, 0.29) is 16.0 Å². The van der Waals surface area contributed by atoms with Crippen molar-refractivity contribution in [3.8, 4) is 5.88 Å². The maximum absolute atomic E-state index is 13.7. The molecule has 7 heteroatoms. The van der Waals surface area contributed by atoms with Crippen LogP contribution >= 0.6 is 15.9 Å². The van der Waals surface area contributed by atoms with E-state index in [1.807, 2.05) is 6.92 Å². The second kappa shape index (κ2) is 6.71. The van der Waals surface area contributed by atoms with Crippen LogP contribution in [0.1, 0.15) is 13.3 Å². The first kappa shape index (κ1) is 15.5. The smallest absolute Gasteiger partial charge is 0.239 e. The van der Waals surface area contributed by atoms with E-state index in [0.717, 1.165) is 12.5 Å². The van der Waals surface area contributed by atoms with Gasteiger partial charge in [-0.1, -0.05) is 6.92 Å². The Morgan fingerprint density at radius 1 is 1.29 bits per heavy atom. The Balaban J connectivity index is 2.25. The maximum atomic E-state index is 13.7. The maximum Gasteiger partial charge on any atom is 0.239 e. The van der Waals surface area contributed by atoms with Crippen molar-refractivity contribution in [3.05, 3.63) is 40.4 Å². The Labute approximate surface area is 129 Å². The number of rotatable bonds is 5. The molecule has 1 aromatic carbocycles. The van der Waals surface area contributed by atoms with Crippen molar-refractivity contribution in [1.29, 1.82) is 0 Å². The molecule has 112 valence electrons. The average molecular weight is 358 g/mol. The number of halogens is 3. The number of hydrogen-bond donors (Lipinski definition) is 2. The molecule has 0 aliphatic rings. The van der Waals surface area contributed by atoms with Crippen molar-refractivity contribution in [1.82, 2.24) is 4.98 Å². The van der Waals surface area contributed by atoms with Crippen molar-refractivity contribution >= 4 is 33.1 Å². The van der Waals surface area contributed by atoms with Crippen LogP contribution in [0.15, 0.2) is 28.7 Å². The molecule has 0 atom stereocenters. The van der Waals surface area contributed by atoms with Gasteiger partial charge in [0.2, 0.25) is 5.88 Å². The molecular weight excluding hydrogens is 344 g/mol. The van der Waals surface area contributed by atoms with Gasteiger partial charge in [-0.2, -0.15) is 4.98 Å². The van der Waals surface area contributed by atoms with E-state index >= 15 is 0 Å². The van der Waals surface area contributed by atoms with Crippen LogP contribution in [0.25, 0.3) is 0 Å². The van der Waals surface area contributed by atoms with E-state index < -0.39 is 11.6 Å². The van der Waals surface area contributed by atoms with Crippen LogP contribution in [-0.2, 0) is 0 Å². The molecule has 0 aliphatic carbocycles. The van der Waals surface area contributed by atoms with Gasteiger partial charge in [0.25, 0.3) is 0 Å². The number of anilines is 3. The molecule has 21 heavy (non-hydrogen) atoms. The van der Waals surface area contributed by atoms with Crippen LogP contribution in [0.4, 0.5) is 26.0 Å². The zero-order valence-electron chi connectivity index (χ0n) is 11.3. The van der Waals surface area contributed by atoms with Crippen LogP contribution in [0, 0.1) is 11.6 Å². The highest BCUT2D eigenvalue weighted by atomic mass is 79.9. The Morgan fingerprint density at radius 3 is 2.76 bits per heavy atom. The molecule has 4 nitrogen and oxygen atoms in total. The lowest BCUT2D eigenvalue weighted by Gasteiger charge is -2.11. The molecule has 0 fully saturated rings. The third-order valence-electron chi connectivity index (χ3n) is 2.61. The largest absolute Gasteiger partial charge is 0.476 e. The van der Waals surface area contributed by atoms with Gasteiger partial charge in [-0.05, 0) is 40.5 Å². The number of nitrogen functional groups attached to an aromatic ring is 1. The number of benzene rings is 1. The second-order valence-corrected chi connectivity index (χ2v) is 5.16. The van der Waals surface area contributed by atoms with Gasteiger partial charge in [-0.15, -0.1) is 0 Å². The molecule has 0 spiro atoms. The summed E-state index contributed by atoms with van der Waals surface area (Å²) in [4.78, 5) is 4.16. The Hall–Kier alpha value is -1.89. The molecule has 1 aromatic heterocycles. The molecule has 2 aromatic rings. The van der Waals surface area contributed by atoms with Crippen LogP contribution < -0.4 is 15.8 Å². The SMILES string of the molecule is CCCOc1nc(Nc2cc(Br)c(F)cc2F)ccc1N. The van der Waals surface area contributed by atoms with Gasteiger partial charge in [0, 0.05) is 6.07 Å². The summed E-state index contributed by atoms with van der Waals surface area (Å²) in [7, 11) is 0. The summed E-state index contributed by atoms with van der Waals surface area (Å²) in [5.41, 5.74) is 6.25. The predicted molar refractivity (Wildman–Crippen MR) is 81.8 cm³/mol. The molecular formula is C14H14BrF2N3O. The summed E-state index contributed by atoms with van der Waals surface area (Å²) in [6.07, 6.45) is 0.818. The van der Waals surface area contributed by atoms with Gasteiger partial charge in [-0.3, -0.25) is 0 Å². The lowest BCUT2D eigenvalue weighted by Crippen LogP contribution is -2.04. The summed E-state index contributed by atoms with van der Waals surface area (Å²) < 4.78 is 32.4. The van der Waals surface area contributed by atoms with Gasteiger partial charge in [-0.25, -0.2) is 8.78 Å². The van der Waals surface area contributed by atoms with Gasteiger partial charge < -0.3 is 15.8 Å². The average Bonchev–Trinajstić information content (AvgIpc) is 2.45. The second-order valence-electron chi connectivity index (χ2n) is 4.31. The topological polar surface area (TPSA) is 60.2 Å². The fraction of sp³-hybridized carbons (Fsp3) is 0.214. The molecule has 0 saturated carbocycles. The Morgan fingerprint density at radius 2 is 2.05 bits per heavy atom. The summed E-state index contributed by atoms with van der Waals surface area (Å²) in [6, 6.07) is 5.29. The van der Waals surface area contributed by atoms with E-state index in [9.17, 15) is 8.78 Å². The summed E-state index contributed by atoms with van der Waals surface area (Å²) in [5.74, 6) is -0.753.